The molecular formula is C11H15NO2S. The van der Waals surface area contributed by atoms with Crippen LogP contribution in [0.4, 0.5) is 0 Å². The van der Waals surface area contributed by atoms with Gasteiger partial charge in [0.2, 0.25) is 0 Å². The summed E-state index contributed by atoms with van der Waals surface area (Å²) in [7, 11) is 1.36. The summed E-state index contributed by atoms with van der Waals surface area (Å²) in [6, 6.07) is 0. The highest BCUT2D eigenvalue weighted by Crippen LogP contribution is 2.25. The lowest BCUT2D eigenvalue weighted by atomic mass is 9.98. The number of thiazole rings is 1. The van der Waals surface area contributed by atoms with Crippen molar-refractivity contribution in [1.82, 2.24) is 4.98 Å². The molecular weight excluding hydrogens is 210 g/mol. The Hall–Kier alpha value is -1.16. The van der Waals surface area contributed by atoms with E-state index in [0.717, 1.165) is 10.7 Å². The summed E-state index contributed by atoms with van der Waals surface area (Å²) in [6.07, 6.45) is 3.04. The average molecular weight is 225 g/mol. The van der Waals surface area contributed by atoms with Gasteiger partial charge in [-0.1, -0.05) is 20.8 Å². The van der Waals surface area contributed by atoms with Crippen molar-refractivity contribution in [3.05, 3.63) is 22.2 Å². The van der Waals surface area contributed by atoms with Crippen molar-refractivity contribution >= 4 is 23.4 Å². The highest BCUT2D eigenvalue weighted by Gasteiger charge is 2.17. The van der Waals surface area contributed by atoms with Gasteiger partial charge in [-0.15, -0.1) is 11.3 Å². The Morgan fingerprint density at radius 1 is 1.53 bits per heavy atom. The molecule has 0 aliphatic heterocycles. The molecule has 1 heterocycles. The molecule has 1 rings (SSSR count). The standard InChI is InChI=1S/C11H15NO2S/c1-11(2,3)10-12-8(7-15-10)5-6-9(13)14-4/h5-7H,1-4H3/b6-5+. The second-order valence-electron chi connectivity index (χ2n) is 4.18. The van der Waals surface area contributed by atoms with Gasteiger partial charge in [0.05, 0.1) is 17.8 Å². The fourth-order valence-corrected chi connectivity index (χ4v) is 1.80. The van der Waals surface area contributed by atoms with Crippen molar-refractivity contribution in [2.45, 2.75) is 26.2 Å². The van der Waals surface area contributed by atoms with E-state index in [4.69, 9.17) is 0 Å². The summed E-state index contributed by atoms with van der Waals surface area (Å²) in [5.74, 6) is -0.361. The minimum absolute atomic E-state index is 0.0576. The molecule has 0 bridgehead atoms. The van der Waals surface area contributed by atoms with Gasteiger partial charge in [-0.3, -0.25) is 0 Å². The molecule has 1 aromatic heterocycles. The number of hydrogen-bond donors (Lipinski definition) is 0. The molecule has 0 N–H and O–H groups in total. The highest BCUT2D eigenvalue weighted by atomic mass is 32.1. The third-order valence-corrected chi connectivity index (χ3v) is 3.04. The number of nitrogens with zero attached hydrogens (tertiary/aromatic N) is 1. The van der Waals surface area contributed by atoms with E-state index < -0.39 is 0 Å². The second-order valence-corrected chi connectivity index (χ2v) is 5.04. The van der Waals surface area contributed by atoms with Crippen LogP contribution in [0.25, 0.3) is 6.08 Å². The Kier molecular flexibility index (Phi) is 3.63. The van der Waals surface area contributed by atoms with Crippen LogP contribution >= 0.6 is 11.3 Å². The zero-order valence-corrected chi connectivity index (χ0v) is 10.2. The van der Waals surface area contributed by atoms with Gasteiger partial charge in [0.1, 0.15) is 0 Å². The highest BCUT2D eigenvalue weighted by molar-refractivity contribution is 7.09. The molecule has 15 heavy (non-hydrogen) atoms. The van der Waals surface area contributed by atoms with Crippen LogP contribution in [0.5, 0.6) is 0 Å². The summed E-state index contributed by atoms with van der Waals surface area (Å²) in [6.45, 7) is 6.33. The summed E-state index contributed by atoms with van der Waals surface area (Å²) >= 11 is 1.60. The minimum atomic E-state index is -0.361. The van der Waals surface area contributed by atoms with Crippen molar-refractivity contribution in [1.29, 1.82) is 0 Å². The lowest BCUT2D eigenvalue weighted by Crippen LogP contribution is -2.10. The largest absolute Gasteiger partial charge is 0.466 e. The Morgan fingerprint density at radius 3 is 2.67 bits per heavy atom. The smallest absolute Gasteiger partial charge is 0.330 e. The summed E-state index contributed by atoms with van der Waals surface area (Å²) in [5, 5.41) is 2.99. The van der Waals surface area contributed by atoms with Gasteiger partial charge in [0.15, 0.2) is 0 Å². The Bertz CT molecular complexity index is 374. The van der Waals surface area contributed by atoms with Crippen LogP contribution in [-0.2, 0) is 14.9 Å². The van der Waals surface area contributed by atoms with Crippen molar-refractivity contribution in [3.8, 4) is 0 Å². The monoisotopic (exact) mass is 225 g/mol. The molecule has 3 nitrogen and oxygen atoms in total. The number of ether oxygens (including phenoxy) is 1. The third kappa shape index (κ3) is 3.47. The first kappa shape index (κ1) is 11.9. The molecule has 0 fully saturated rings. The van der Waals surface area contributed by atoms with Gasteiger partial charge in [-0.05, 0) is 6.08 Å². The van der Waals surface area contributed by atoms with Gasteiger partial charge in [0.25, 0.3) is 0 Å². The van der Waals surface area contributed by atoms with E-state index in [2.05, 4.69) is 30.5 Å². The zero-order chi connectivity index (χ0) is 11.5. The molecule has 1 aromatic rings. The molecule has 0 aliphatic carbocycles. The SMILES string of the molecule is COC(=O)/C=C/c1csc(C(C)(C)C)n1. The Labute approximate surface area is 93.8 Å². The van der Waals surface area contributed by atoms with Crippen LogP contribution in [0, 0.1) is 0 Å². The number of carbonyl (C=O) groups is 1. The maximum absolute atomic E-state index is 10.9. The molecule has 0 aromatic carbocycles. The van der Waals surface area contributed by atoms with Crippen LogP contribution in [-0.4, -0.2) is 18.1 Å². The second kappa shape index (κ2) is 4.57. The third-order valence-electron chi connectivity index (χ3n) is 1.75. The summed E-state index contributed by atoms with van der Waals surface area (Å²) in [5.41, 5.74) is 0.859. The van der Waals surface area contributed by atoms with Crippen molar-refractivity contribution < 1.29 is 9.53 Å². The first-order valence-electron chi connectivity index (χ1n) is 4.65. The van der Waals surface area contributed by atoms with Crippen LogP contribution < -0.4 is 0 Å². The quantitative estimate of drug-likeness (QED) is 0.573. The number of hydrogen-bond acceptors (Lipinski definition) is 4. The van der Waals surface area contributed by atoms with Crippen molar-refractivity contribution in [3.63, 3.8) is 0 Å². The maximum atomic E-state index is 10.9. The summed E-state index contributed by atoms with van der Waals surface area (Å²) in [4.78, 5) is 15.3. The first-order valence-corrected chi connectivity index (χ1v) is 5.53. The molecule has 4 heteroatoms. The number of carbonyl (C=O) groups excluding carboxylic acids is 1. The molecule has 0 saturated heterocycles. The lowest BCUT2D eigenvalue weighted by Gasteiger charge is -2.13. The molecule has 0 aliphatic rings. The number of methoxy groups -OCH3 is 1. The molecule has 0 spiro atoms. The first-order chi connectivity index (χ1) is 6.93. The van der Waals surface area contributed by atoms with E-state index in [1.54, 1.807) is 17.4 Å². The van der Waals surface area contributed by atoms with E-state index in [9.17, 15) is 4.79 Å². The molecule has 0 atom stereocenters. The van der Waals surface area contributed by atoms with Crippen LogP contribution in [0.2, 0.25) is 0 Å². The normalized spacial score (nSPS) is 12.0. The minimum Gasteiger partial charge on any atom is -0.466 e. The van der Waals surface area contributed by atoms with E-state index in [1.165, 1.54) is 13.2 Å². The molecule has 0 radical (unpaired) electrons. The topological polar surface area (TPSA) is 39.2 Å². The number of esters is 1. The maximum Gasteiger partial charge on any atom is 0.330 e. The van der Waals surface area contributed by atoms with E-state index in [1.807, 2.05) is 5.38 Å². The van der Waals surface area contributed by atoms with Gasteiger partial charge >= 0.3 is 5.97 Å². The van der Waals surface area contributed by atoms with Gasteiger partial charge in [-0.2, -0.15) is 0 Å². The van der Waals surface area contributed by atoms with E-state index >= 15 is 0 Å². The number of aromatic nitrogens is 1. The summed E-state index contributed by atoms with van der Waals surface area (Å²) < 4.78 is 4.50. The molecule has 0 saturated carbocycles. The van der Waals surface area contributed by atoms with Gasteiger partial charge in [-0.25, -0.2) is 9.78 Å². The van der Waals surface area contributed by atoms with Crippen LogP contribution in [0.3, 0.4) is 0 Å². The van der Waals surface area contributed by atoms with Gasteiger partial charge < -0.3 is 4.74 Å². The lowest BCUT2D eigenvalue weighted by molar-refractivity contribution is -0.134. The molecule has 0 unspecified atom stereocenters. The Balaban J connectivity index is 2.77. The predicted octanol–water partition coefficient (Wildman–Crippen LogP) is 2.63. The zero-order valence-electron chi connectivity index (χ0n) is 9.40. The van der Waals surface area contributed by atoms with Crippen molar-refractivity contribution in [2.24, 2.45) is 0 Å². The van der Waals surface area contributed by atoms with E-state index in [0.29, 0.717) is 0 Å². The Morgan fingerprint density at radius 2 is 2.20 bits per heavy atom. The molecule has 82 valence electrons. The average Bonchev–Trinajstić information content (AvgIpc) is 2.61. The van der Waals surface area contributed by atoms with Crippen LogP contribution in [0.1, 0.15) is 31.5 Å². The van der Waals surface area contributed by atoms with Crippen molar-refractivity contribution in [2.75, 3.05) is 7.11 Å². The fourth-order valence-electron chi connectivity index (χ4n) is 0.929. The predicted molar refractivity (Wildman–Crippen MR) is 61.9 cm³/mol. The van der Waals surface area contributed by atoms with E-state index in [-0.39, 0.29) is 11.4 Å². The molecule has 0 amide bonds. The van der Waals surface area contributed by atoms with Crippen LogP contribution in [0.15, 0.2) is 11.5 Å². The van der Waals surface area contributed by atoms with Gasteiger partial charge in [0, 0.05) is 16.9 Å². The number of rotatable bonds is 2. The fraction of sp³-hybridized carbons (Fsp3) is 0.455.